The molecule has 0 aromatic heterocycles. The number of hydrogen-bond acceptors (Lipinski definition) is 3. The summed E-state index contributed by atoms with van der Waals surface area (Å²) >= 11 is 0. The van der Waals surface area contributed by atoms with Gasteiger partial charge in [0.2, 0.25) is 0 Å². The first-order valence-electron chi connectivity index (χ1n) is 4.26. The first-order valence-corrected chi connectivity index (χ1v) is 4.26. The van der Waals surface area contributed by atoms with Crippen molar-refractivity contribution in [2.24, 2.45) is 4.99 Å². The quantitative estimate of drug-likeness (QED) is 0.613. The van der Waals surface area contributed by atoms with Gasteiger partial charge in [0, 0.05) is 19.2 Å². The predicted molar refractivity (Wildman–Crippen MR) is 52.8 cm³/mol. The largest absolute Gasteiger partial charge is 0.503 e. The van der Waals surface area contributed by atoms with Crippen LogP contribution in [0.1, 0.15) is 20.3 Å². The third-order valence-corrected chi connectivity index (χ3v) is 1.02. The third kappa shape index (κ3) is 36.0. The lowest BCUT2D eigenvalue weighted by atomic mass is 10.4. The summed E-state index contributed by atoms with van der Waals surface area (Å²) in [7, 11) is 0. The molecule has 0 aromatic carbocycles. The monoisotopic (exact) mass is 190 g/mol. The van der Waals surface area contributed by atoms with E-state index in [2.05, 4.69) is 24.2 Å². The summed E-state index contributed by atoms with van der Waals surface area (Å²) in [6, 6.07) is 0. The van der Waals surface area contributed by atoms with Crippen LogP contribution in [0.15, 0.2) is 4.99 Å². The van der Waals surface area contributed by atoms with Crippen LogP contribution in [0.3, 0.4) is 0 Å². The van der Waals surface area contributed by atoms with Crippen molar-refractivity contribution in [1.82, 2.24) is 5.32 Å². The SMILES string of the molecule is C1=NCC1.CCNCC.O=C(O)O. The summed E-state index contributed by atoms with van der Waals surface area (Å²) < 4.78 is 0. The third-order valence-electron chi connectivity index (χ3n) is 1.02. The second-order valence-electron chi connectivity index (χ2n) is 2.12. The molecule has 13 heavy (non-hydrogen) atoms. The van der Waals surface area contributed by atoms with Crippen LogP contribution in [-0.2, 0) is 0 Å². The van der Waals surface area contributed by atoms with Crippen LogP contribution in [-0.4, -0.2) is 42.2 Å². The van der Waals surface area contributed by atoms with Gasteiger partial charge in [-0.2, -0.15) is 0 Å². The van der Waals surface area contributed by atoms with Crippen molar-refractivity contribution in [3.63, 3.8) is 0 Å². The highest BCUT2D eigenvalue weighted by Crippen LogP contribution is 1.84. The number of carboxylic acid groups (broad SMARTS) is 2. The van der Waals surface area contributed by atoms with Gasteiger partial charge >= 0.3 is 6.16 Å². The van der Waals surface area contributed by atoms with Crippen molar-refractivity contribution < 1.29 is 15.0 Å². The van der Waals surface area contributed by atoms with Crippen molar-refractivity contribution >= 4 is 12.4 Å². The lowest BCUT2D eigenvalue weighted by molar-refractivity contribution is 0.137. The molecule has 0 fully saturated rings. The Hall–Kier alpha value is -1.10. The van der Waals surface area contributed by atoms with Crippen molar-refractivity contribution in [2.45, 2.75) is 20.3 Å². The van der Waals surface area contributed by atoms with Crippen LogP contribution in [0.25, 0.3) is 0 Å². The molecule has 1 heterocycles. The van der Waals surface area contributed by atoms with E-state index in [4.69, 9.17) is 15.0 Å². The van der Waals surface area contributed by atoms with Gasteiger partial charge in [-0.3, -0.25) is 4.99 Å². The van der Waals surface area contributed by atoms with Crippen LogP contribution >= 0.6 is 0 Å². The molecule has 5 nitrogen and oxygen atoms in total. The van der Waals surface area contributed by atoms with Gasteiger partial charge in [0.1, 0.15) is 0 Å². The summed E-state index contributed by atoms with van der Waals surface area (Å²) in [6.45, 7) is 7.46. The summed E-state index contributed by atoms with van der Waals surface area (Å²) in [5.41, 5.74) is 0. The highest BCUT2D eigenvalue weighted by molar-refractivity contribution is 5.62. The van der Waals surface area contributed by atoms with Gasteiger partial charge in [0.05, 0.1) is 0 Å². The van der Waals surface area contributed by atoms with E-state index >= 15 is 0 Å². The van der Waals surface area contributed by atoms with Gasteiger partial charge in [-0.05, 0) is 13.1 Å². The molecule has 0 radical (unpaired) electrons. The molecule has 1 aliphatic rings. The van der Waals surface area contributed by atoms with Crippen molar-refractivity contribution in [2.75, 3.05) is 19.6 Å². The minimum atomic E-state index is -1.83. The van der Waals surface area contributed by atoms with Crippen LogP contribution in [0, 0.1) is 0 Å². The molecule has 0 bridgehead atoms. The van der Waals surface area contributed by atoms with Crippen molar-refractivity contribution in [1.29, 1.82) is 0 Å². The maximum Gasteiger partial charge on any atom is 0.503 e. The second-order valence-corrected chi connectivity index (χ2v) is 2.12. The van der Waals surface area contributed by atoms with Crippen LogP contribution < -0.4 is 5.32 Å². The van der Waals surface area contributed by atoms with E-state index in [-0.39, 0.29) is 0 Å². The van der Waals surface area contributed by atoms with E-state index in [9.17, 15) is 0 Å². The van der Waals surface area contributed by atoms with Gasteiger partial charge < -0.3 is 15.5 Å². The molecule has 0 atom stereocenters. The maximum absolute atomic E-state index is 8.56. The van der Waals surface area contributed by atoms with Gasteiger partial charge in [0.25, 0.3) is 0 Å². The number of nitrogens with zero attached hydrogens (tertiary/aromatic N) is 1. The van der Waals surface area contributed by atoms with Gasteiger partial charge in [0.15, 0.2) is 0 Å². The Balaban J connectivity index is 0. The molecule has 0 unspecified atom stereocenters. The lowest BCUT2D eigenvalue weighted by Gasteiger charge is -1.92. The van der Waals surface area contributed by atoms with Crippen LogP contribution in [0.5, 0.6) is 0 Å². The fourth-order valence-electron chi connectivity index (χ4n) is 0.379. The zero-order valence-electron chi connectivity index (χ0n) is 8.16. The van der Waals surface area contributed by atoms with Crippen LogP contribution in [0.4, 0.5) is 4.79 Å². The molecular weight excluding hydrogens is 172 g/mol. The lowest BCUT2D eigenvalue weighted by Crippen LogP contribution is -2.09. The van der Waals surface area contributed by atoms with Gasteiger partial charge in [-0.25, -0.2) is 4.79 Å². The first kappa shape index (κ1) is 14.4. The molecule has 1 rings (SSSR count). The molecule has 0 saturated carbocycles. The molecule has 1 aliphatic heterocycles. The fraction of sp³-hybridized carbons (Fsp3) is 0.750. The molecular formula is C8H18N2O3. The Morgan fingerprint density at radius 3 is 1.69 bits per heavy atom. The standard InChI is InChI=1S/C4H11N.C3H5N.CH2O3/c1-3-5-4-2;1-2-4-3-1;2-1(3)4/h5H,3-4H2,1-2H3;2H,1,3H2;(H2,2,3,4). The van der Waals surface area contributed by atoms with Crippen LogP contribution in [0.2, 0.25) is 0 Å². The highest BCUT2D eigenvalue weighted by atomic mass is 16.6. The highest BCUT2D eigenvalue weighted by Gasteiger charge is 1.82. The van der Waals surface area contributed by atoms with E-state index in [0.717, 1.165) is 19.6 Å². The predicted octanol–water partition coefficient (Wildman–Crippen LogP) is 1.30. The van der Waals surface area contributed by atoms with Gasteiger partial charge in [-0.15, -0.1) is 0 Å². The van der Waals surface area contributed by atoms with Crippen molar-refractivity contribution in [3.05, 3.63) is 0 Å². The normalized spacial score (nSPS) is 11.2. The Morgan fingerprint density at radius 1 is 1.46 bits per heavy atom. The first-order chi connectivity index (χ1) is 6.15. The molecule has 0 aliphatic carbocycles. The van der Waals surface area contributed by atoms with E-state index in [1.165, 1.54) is 6.42 Å². The summed E-state index contributed by atoms with van der Waals surface area (Å²) in [5.74, 6) is 0. The number of aliphatic imine (C=N–C) groups is 1. The maximum atomic E-state index is 8.56. The van der Waals surface area contributed by atoms with Crippen molar-refractivity contribution in [3.8, 4) is 0 Å². The molecule has 0 aromatic rings. The average Bonchev–Trinajstić information content (AvgIpc) is 1.83. The minimum Gasteiger partial charge on any atom is -0.450 e. The van der Waals surface area contributed by atoms with E-state index < -0.39 is 6.16 Å². The zero-order valence-corrected chi connectivity index (χ0v) is 8.16. The van der Waals surface area contributed by atoms with Gasteiger partial charge in [-0.1, -0.05) is 13.8 Å². The molecule has 5 heteroatoms. The Bertz CT molecular complexity index is 125. The zero-order chi connectivity index (χ0) is 10.5. The van der Waals surface area contributed by atoms with E-state index in [1.54, 1.807) is 0 Å². The Morgan fingerprint density at radius 2 is 1.69 bits per heavy atom. The van der Waals surface area contributed by atoms with E-state index in [1.807, 2.05) is 6.21 Å². The molecule has 0 spiro atoms. The molecule has 78 valence electrons. The Labute approximate surface area is 78.5 Å². The second kappa shape index (κ2) is 13.5. The topological polar surface area (TPSA) is 81.9 Å². The molecule has 0 saturated heterocycles. The average molecular weight is 190 g/mol. The smallest absolute Gasteiger partial charge is 0.450 e. The van der Waals surface area contributed by atoms with E-state index in [0.29, 0.717) is 0 Å². The summed E-state index contributed by atoms with van der Waals surface area (Å²) in [5, 5.41) is 17.1. The number of rotatable bonds is 2. The molecule has 0 amide bonds. The Kier molecular flexibility index (Phi) is 15.0. The summed E-state index contributed by atoms with van der Waals surface area (Å²) in [4.78, 5) is 12.3. The summed E-state index contributed by atoms with van der Waals surface area (Å²) in [6.07, 6.45) is 1.31. The minimum absolute atomic E-state index is 1.07. The number of hydrogen-bond donors (Lipinski definition) is 3. The number of nitrogens with one attached hydrogen (secondary N) is 1. The fourth-order valence-corrected chi connectivity index (χ4v) is 0.379. The molecule has 3 N–H and O–H groups in total. The number of carbonyl (C=O) groups is 1.